The number of H-pyrrole nitrogens is 1. The first-order valence-corrected chi connectivity index (χ1v) is 4.58. The molecule has 2 heterocycles. The average Bonchev–Trinajstić information content (AvgIpc) is 2.28. The van der Waals surface area contributed by atoms with Crippen LogP contribution in [0, 0.1) is 0 Å². The molecule has 0 fully saturated rings. The molecule has 0 saturated heterocycles. The van der Waals surface area contributed by atoms with E-state index < -0.39 is 0 Å². The monoisotopic (exact) mass is 222 g/mol. The normalized spacial score (nSPS) is 10.6. The Labute approximate surface area is 89.5 Å². The van der Waals surface area contributed by atoms with E-state index in [-0.39, 0.29) is 18.1 Å². The number of aliphatic hydroxyl groups is 1. The van der Waals surface area contributed by atoms with Gasteiger partial charge in [0.05, 0.1) is 12.0 Å². The average molecular weight is 222 g/mol. The van der Waals surface area contributed by atoms with Crippen molar-refractivity contribution in [2.45, 2.75) is 0 Å². The fourth-order valence-electron chi connectivity index (χ4n) is 1.26. The molecule has 0 bridgehead atoms. The molecule has 2 aromatic heterocycles. The Morgan fingerprint density at radius 2 is 2.38 bits per heavy atom. The molecular formula is C8H10N6O2. The van der Waals surface area contributed by atoms with Gasteiger partial charge in [0.15, 0.2) is 5.82 Å². The maximum absolute atomic E-state index is 11.4. The van der Waals surface area contributed by atoms with Gasteiger partial charge >= 0.3 is 0 Å². The van der Waals surface area contributed by atoms with E-state index in [9.17, 15) is 4.79 Å². The predicted molar refractivity (Wildman–Crippen MR) is 57.9 cm³/mol. The Balaban J connectivity index is 2.61. The van der Waals surface area contributed by atoms with E-state index in [1.54, 1.807) is 0 Å². The van der Waals surface area contributed by atoms with Crippen LogP contribution in [-0.2, 0) is 0 Å². The van der Waals surface area contributed by atoms with Gasteiger partial charge in [-0.3, -0.25) is 4.79 Å². The van der Waals surface area contributed by atoms with Crippen LogP contribution in [0.4, 0.5) is 11.8 Å². The zero-order valence-electron chi connectivity index (χ0n) is 8.27. The van der Waals surface area contributed by atoms with Crippen LogP contribution in [0.3, 0.4) is 0 Å². The van der Waals surface area contributed by atoms with Gasteiger partial charge in [-0.05, 0) is 0 Å². The highest BCUT2D eigenvalue weighted by atomic mass is 16.3. The molecule has 0 spiro atoms. The van der Waals surface area contributed by atoms with E-state index >= 15 is 0 Å². The highest BCUT2D eigenvalue weighted by Gasteiger charge is 2.08. The first-order chi connectivity index (χ1) is 7.72. The number of fused-ring (bicyclic) bond motifs is 1. The van der Waals surface area contributed by atoms with Crippen LogP contribution < -0.4 is 16.6 Å². The first-order valence-electron chi connectivity index (χ1n) is 4.58. The third-order valence-electron chi connectivity index (χ3n) is 1.95. The minimum absolute atomic E-state index is 0.0527. The number of nitrogens with two attached hydrogens (primary N) is 1. The number of anilines is 2. The van der Waals surface area contributed by atoms with Crippen molar-refractivity contribution >= 4 is 22.7 Å². The Hall–Kier alpha value is -2.22. The summed E-state index contributed by atoms with van der Waals surface area (Å²) in [6.45, 7) is 0.251. The molecule has 0 saturated carbocycles. The highest BCUT2D eigenvalue weighted by Crippen LogP contribution is 2.14. The Kier molecular flexibility index (Phi) is 2.64. The number of nitrogens with one attached hydrogen (secondary N) is 2. The van der Waals surface area contributed by atoms with E-state index in [0.29, 0.717) is 23.3 Å². The van der Waals surface area contributed by atoms with Gasteiger partial charge in [-0.25, -0.2) is 15.1 Å². The van der Waals surface area contributed by atoms with Crippen molar-refractivity contribution < 1.29 is 5.11 Å². The number of aromatic amines is 1. The molecule has 2 aromatic rings. The molecule has 0 aliphatic heterocycles. The van der Waals surface area contributed by atoms with Gasteiger partial charge < -0.3 is 16.2 Å². The molecule has 0 aliphatic rings. The van der Waals surface area contributed by atoms with Gasteiger partial charge in [0.25, 0.3) is 5.56 Å². The van der Waals surface area contributed by atoms with Gasteiger partial charge in [-0.1, -0.05) is 0 Å². The molecular weight excluding hydrogens is 212 g/mol. The molecule has 5 N–H and O–H groups in total. The summed E-state index contributed by atoms with van der Waals surface area (Å²) >= 11 is 0. The standard InChI is InChI=1S/C8H10N6O2/c9-8-11-3-4-5(12-8)6(10-1-2-15)13-14-7(4)16/h3,15H,1-2H2,(H,10,13)(H,14,16)(H2,9,11,12). The van der Waals surface area contributed by atoms with Crippen molar-refractivity contribution in [2.24, 2.45) is 0 Å². The SMILES string of the molecule is Nc1ncc2c(=O)[nH]nc(NCCO)c2n1. The first kappa shape index (κ1) is 10.3. The maximum atomic E-state index is 11.4. The second kappa shape index (κ2) is 4.11. The van der Waals surface area contributed by atoms with Gasteiger partial charge in [-0.2, -0.15) is 5.10 Å². The molecule has 0 aliphatic carbocycles. The van der Waals surface area contributed by atoms with Crippen LogP contribution in [0.25, 0.3) is 10.9 Å². The summed E-state index contributed by atoms with van der Waals surface area (Å²) < 4.78 is 0. The topological polar surface area (TPSA) is 130 Å². The summed E-state index contributed by atoms with van der Waals surface area (Å²) in [4.78, 5) is 19.1. The van der Waals surface area contributed by atoms with E-state index in [2.05, 4.69) is 25.5 Å². The van der Waals surface area contributed by atoms with E-state index in [0.717, 1.165) is 0 Å². The Bertz CT molecular complexity index is 566. The van der Waals surface area contributed by atoms with Gasteiger partial charge in [0, 0.05) is 12.7 Å². The summed E-state index contributed by atoms with van der Waals surface area (Å²) in [5, 5.41) is 17.9. The lowest BCUT2D eigenvalue weighted by molar-refractivity contribution is 0.311. The van der Waals surface area contributed by atoms with Gasteiger partial charge in [0.1, 0.15) is 5.52 Å². The maximum Gasteiger partial charge on any atom is 0.275 e. The fourth-order valence-corrected chi connectivity index (χ4v) is 1.26. The summed E-state index contributed by atoms with van der Waals surface area (Å²) in [6.07, 6.45) is 1.34. The highest BCUT2D eigenvalue weighted by molar-refractivity contribution is 5.87. The van der Waals surface area contributed by atoms with Crippen molar-refractivity contribution in [1.82, 2.24) is 20.2 Å². The van der Waals surface area contributed by atoms with Crippen molar-refractivity contribution in [2.75, 3.05) is 24.2 Å². The van der Waals surface area contributed by atoms with Crippen molar-refractivity contribution in [3.05, 3.63) is 16.6 Å². The number of nitrogens with zero attached hydrogens (tertiary/aromatic N) is 3. The molecule has 2 rings (SSSR count). The number of aliphatic hydroxyl groups excluding tert-OH is 1. The lowest BCUT2D eigenvalue weighted by Gasteiger charge is -2.05. The molecule has 84 valence electrons. The lowest BCUT2D eigenvalue weighted by atomic mass is 10.3. The van der Waals surface area contributed by atoms with Gasteiger partial charge in [0.2, 0.25) is 5.95 Å². The second-order valence-electron chi connectivity index (χ2n) is 3.04. The van der Waals surface area contributed by atoms with Gasteiger partial charge in [-0.15, -0.1) is 0 Å². The Morgan fingerprint density at radius 1 is 1.56 bits per heavy atom. The van der Waals surface area contributed by atoms with Crippen LogP contribution >= 0.6 is 0 Å². The molecule has 0 unspecified atom stereocenters. The number of nitrogen functional groups attached to an aromatic ring is 1. The van der Waals surface area contributed by atoms with Crippen LogP contribution in [0.1, 0.15) is 0 Å². The van der Waals surface area contributed by atoms with Crippen molar-refractivity contribution in [3.8, 4) is 0 Å². The summed E-state index contributed by atoms with van der Waals surface area (Å²) in [7, 11) is 0. The molecule has 0 atom stereocenters. The van der Waals surface area contributed by atoms with Crippen LogP contribution in [0.5, 0.6) is 0 Å². The van der Waals surface area contributed by atoms with E-state index in [1.165, 1.54) is 6.20 Å². The molecule has 8 heteroatoms. The predicted octanol–water partition coefficient (Wildman–Crippen LogP) is -1.30. The molecule has 16 heavy (non-hydrogen) atoms. The largest absolute Gasteiger partial charge is 0.395 e. The van der Waals surface area contributed by atoms with Crippen molar-refractivity contribution in [3.63, 3.8) is 0 Å². The smallest absolute Gasteiger partial charge is 0.275 e. The summed E-state index contributed by atoms with van der Waals surface area (Å²) in [5.74, 6) is 0.421. The number of hydrogen-bond donors (Lipinski definition) is 4. The summed E-state index contributed by atoms with van der Waals surface area (Å²) in [6, 6.07) is 0. The zero-order valence-corrected chi connectivity index (χ0v) is 8.27. The molecule has 0 aromatic carbocycles. The summed E-state index contributed by atoms with van der Waals surface area (Å²) in [5.41, 5.74) is 5.39. The number of aromatic nitrogens is 4. The molecule has 0 amide bonds. The zero-order chi connectivity index (χ0) is 11.5. The quantitative estimate of drug-likeness (QED) is 0.507. The van der Waals surface area contributed by atoms with E-state index in [1.807, 2.05) is 0 Å². The lowest BCUT2D eigenvalue weighted by Crippen LogP contribution is -2.15. The molecule has 8 nitrogen and oxygen atoms in total. The number of hydrogen-bond acceptors (Lipinski definition) is 7. The third-order valence-corrected chi connectivity index (χ3v) is 1.95. The van der Waals surface area contributed by atoms with Crippen LogP contribution in [0.15, 0.2) is 11.0 Å². The fraction of sp³-hybridized carbons (Fsp3) is 0.250. The van der Waals surface area contributed by atoms with Crippen molar-refractivity contribution in [1.29, 1.82) is 0 Å². The molecule has 0 radical (unpaired) electrons. The third kappa shape index (κ3) is 1.77. The van der Waals surface area contributed by atoms with Crippen LogP contribution in [0.2, 0.25) is 0 Å². The second-order valence-corrected chi connectivity index (χ2v) is 3.04. The minimum Gasteiger partial charge on any atom is -0.395 e. The number of rotatable bonds is 3. The van der Waals surface area contributed by atoms with E-state index in [4.69, 9.17) is 10.8 Å². The minimum atomic E-state index is -0.385. The Morgan fingerprint density at radius 3 is 3.12 bits per heavy atom. The van der Waals surface area contributed by atoms with Crippen LogP contribution in [-0.4, -0.2) is 38.4 Å².